The molecular formula is C14H20N2O. The van der Waals surface area contributed by atoms with Crippen molar-refractivity contribution < 1.29 is 5.11 Å². The minimum absolute atomic E-state index is 0.185. The lowest BCUT2D eigenvalue weighted by Crippen LogP contribution is -2.43. The van der Waals surface area contributed by atoms with Gasteiger partial charge < -0.3 is 10.4 Å². The standard InChI is InChI=1S/C14H20N2O/c1-14(17,9-16-11-5-6-11)12-7-4-10-3-2-8-15-13(10)12/h2-3,8,11-12,16-17H,4-7,9H2,1H3. The highest BCUT2D eigenvalue weighted by molar-refractivity contribution is 5.31. The second-order valence-electron chi connectivity index (χ2n) is 5.65. The number of nitrogens with zero attached hydrogens (tertiary/aromatic N) is 1. The third-order valence-corrected chi connectivity index (χ3v) is 4.04. The van der Waals surface area contributed by atoms with Crippen molar-refractivity contribution in [1.82, 2.24) is 10.3 Å². The van der Waals surface area contributed by atoms with E-state index in [1.54, 1.807) is 0 Å². The average molecular weight is 232 g/mol. The van der Waals surface area contributed by atoms with Gasteiger partial charge in [0.15, 0.2) is 0 Å². The van der Waals surface area contributed by atoms with E-state index in [0.29, 0.717) is 12.6 Å². The summed E-state index contributed by atoms with van der Waals surface area (Å²) in [6.07, 6.45) is 6.42. The number of fused-ring (bicyclic) bond motifs is 1. The molecule has 2 N–H and O–H groups in total. The maximum Gasteiger partial charge on any atom is 0.0827 e. The molecule has 1 saturated carbocycles. The maximum atomic E-state index is 10.6. The van der Waals surface area contributed by atoms with Gasteiger partial charge >= 0.3 is 0 Å². The summed E-state index contributed by atoms with van der Waals surface area (Å²) < 4.78 is 0. The van der Waals surface area contributed by atoms with Crippen LogP contribution in [0.3, 0.4) is 0 Å². The first-order valence-electron chi connectivity index (χ1n) is 6.56. The van der Waals surface area contributed by atoms with E-state index in [4.69, 9.17) is 0 Å². The predicted molar refractivity (Wildman–Crippen MR) is 66.9 cm³/mol. The zero-order valence-corrected chi connectivity index (χ0v) is 10.3. The number of aromatic nitrogens is 1. The van der Waals surface area contributed by atoms with Crippen molar-refractivity contribution in [3.63, 3.8) is 0 Å². The van der Waals surface area contributed by atoms with Gasteiger partial charge in [0.1, 0.15) is 0 Å². The van der Waals surface area contributed by atoms with Gasteiger partial charge in [-0.15, -0.1) is 0 Å². The van der Waals surface area contributed by atoms with Gasteiger partial charge in [0.2, 0.25) is 0 Å². The van der Waals surface area contributed by atoms with E-state index in [-0.39, 0.29) is 5.92 Å². The number of rotatable bonds is 4. The van der Waals surface area contributed by atoms with Gasteiger partial charge in [-0.25, -0.2) is 0 Å². The summed E-state index contributed by atoms with van der Waals surface area (Å²) in [5, 5.41) is 14.1. The van der Waals surface area contributed by atoms with Crippen LogP contribution in [0.4, 0.5) is 0 Å². The number of pyridine rings is 1. The van der Waals surface area contributed by atoms with Crippen LogP contribution in [-0.4, -0.2) is 28.3 Å². The van der Waals surface area contributed by atoms with Crippen molar-refractivity contribution >= 4 is 0 Å². The van der Waals surface area contributed by atoms with E-state index in [1.807, 2.05) is 19.2 Å². The fourth-order valence-corrected chi connectivity index (χ4v) is 2.78. The van der Waals surface area contributed by atoms with Crippen molar-refractivity contribution in [2.75, 3.05) is 6.54 Å². The molecule has 3 rings (SSSR count). The molecule has 0 radical (unpaired) electrons. The quantitative estimate of drug-likeness (QED) is 0.829. The smallest absolute Gasteiger partial charge is 0.0827 e. The highest BCUT2D eigenvalue weighted by atomic mass is 16.3. The summed E-state index contributed by atoms with van der Waals surface area (Å²) in [7, 11) is 0. The lowest BCUT2D eigenvalue weighted by Gasteiger charge is -2.30. The Morgan fingerprint density at radius 1 is 1.47 bits per heavy atom. The van der Waals surface area contributed by atoms with E-state index < -0.39 is 5.60 Å². The number of hydrogen-bond donors (Lipinski definition) is 2. The van der Waals surface area contributed by atoms with Crippen LogP contribution in [0, 0.1) is 0 Å². The minimum Gasteiger partial charge on any atom is -0.388 e. The predicted octanol–water partition coefficient (Wildman–Crippen LogP) is 1.61. The molecule has 2 aliphatic carbocycles. The molecule has 0 saturated heterocycles. The van der Waals surface area contributed by atoms with Crippen LogP contribution in [0.15, 0.2) is 18.3 Å². The Balaban J connectivity index is 1.75. The first-order chi connectivity index (χ1) is 8.17. The van der Waals surface area contributed by atoms with Crippen molar-refractivity contribution in [1.29, 1.82) is 0 Å². The molecule has 92 valence electrons. The molecule has 0 aliphatic heterocycles. The molecule has 1 aromatic heterocycles. The number of aliphatic hydroxyl groups is 1. The van der Waals surface area contributed by atoms with Crippen LogP contribution < -0.4 is 5.32 Å². The van der Waals surface area contributed by atoms with Crippen molar-refractivity contribution in [2.24, 2.45) is 0 Å². The first-order valence-corrected chi connectivity index (χ1v) is 6.56. The summed E-state index contributed by atoms with van der Waals surface area (Å²) in [5.74, 6) is 0.185. The number of hydrogen-bond acceptors (Lipinski definition) is 3. The Bertz CT molecular complexity index is 412. The van der Waals surface area contributed by atoms with E-state index in [0.717, 1.165) is 18.5 Å². The van der Waals surface area contributed by atoms with Gasteiger partial charge in [-0.2, -0.15) is 0 Å². The molecule has 17 heavy (non-hydrogen) atoms. The Labute approximate surface area is 102 Å². The molecule has 1 aromatic rings. The minimum atomic E-state index is -0.678. The fraction of sp³-hybridized carbons (Fsp3) is 0.643. The lowest BCUT2D eigenvalue weighted by molar-refractivity contribution is 0.0296. The first kappa shape index (κ1) is 11.2. The lowest BCUT2D eigenvalue weighted by atomic mass is 9.87. The van der Waals surface area contributed by atoms with Gasteiger partial charge in [0.05, 0.1) is 5.60 Å². The molecule has 0 spiro atoms. The number of nitrogens with one attached hydrogen (secondary N) is 1. The highest BCUT2D eigenvalue weighted by Crippen LogP contribution is 2.39. The molecule has 0 aromatic carbocycles. The summed E-state index contributed by atoms with van der Waals surface area (Å²) >= 11 is 0. The monoisotopic (exact) mass is 232 g/mol. The van der Waals surface area contributed by atoms with E-state index in [2.05, 4.69) is 16.4 Å². The van der Waals surface area contributed by atoms with Crippen LogP contribution in [-0.2, 0) is 6.42 Å². The highest BCUT2D eigenvalue weighted by Gasteiger charge is 2.39. The topological polar surface area (TPSA) is 45.1 Å². The molecule has 1 heterocycles. The average Bonchev–Trinajstić information content (AvgIpc) is 3.04. The molecular weight excluding hydrogens is 212 g/mol. The summed E-state index contributed by atoms with van der Waals surface area (Å²) in [6.45, 7) is 2.62. The van der Waals surface area contributed by atoms with Gasteiger partial charge in [-0.3, -0.25) is 4.98 Å². The zero-order chi connectivity index (χ0) is 11.9. The summed E-state index contributed by atoms with van der Waals surface area (Å²) in [5.41, 5.74) is 1.74. The maximum absolute atomic E-state index is 10.6. The molecule has 0 amide bonds. The van der Waals surface area contributed by atoms with Gasteiger partial charge in [-0.1, -0.05) is 6.07 Å². The molecule has 2 atom stereocenters. The van der Waals surface area contributed by atoms with Crippen LogP contribution in [0.2, 0.25) is 0 Å². The van der Waals surface area contributed by atoms with E-state index >= 15 is 0 Å². The van der Waals surface area contributed by atoms with Gasteiger partial charge in [-0.05, 0) is 44.2 Å². The van der Waals surface area contributed by atoms with Crippen molar-refractivity contribution in [2.45, 2.75) is 50.2 Å². The number of aryl methyl sites for hydroxylation is 1. The van der Waals surface area contributed by atoms with Gasteiger partial charge in [0, 0.05) is 30.4 Å². The largest absolute Gasteiger partial charge is 0.388 e. The third kappa shape index (κ3) is 2.22. The van der Waals surface area contributed by atoms with E-state index in [9.17, 15) is 5.11 Å². The second kappa shape index (κ2) is 4.07. The van der Waals surface area contributed by atoms with Crippen molar-refractivity contribution in [3.05, 3.63) is 29.6 Å². The Hall–Kier alpha value is -0.930. The fourth-order valence-electron chi connectivity index (χ4n) is 2.78. The third-order valence-electron chi connectivity index (χ3n) is 4.04. The molecule has 2 aliphatic rings. The van der Waals surface area contributed by atoms with E-state index in [1.165, 1.54) is 18.4 Å². The van der Waals surface area contributed by atoms with Crippen LogP contribution in [0.1, 0.15) is 43.4 Å². The van der Waals surface area contributed by atoms with Gasteiger partial charge in [0.25, 0.3) is 0 Å². The Kier molecular flexibility index (Phi) is 2.68. The SMILES string of the molecule is CC(O)(CNC1CC1)C1CCc2cccnc21. The summed E-state index contributed by atoms with van der Waals surface area (Å²) in [4.78, 5) is 4.46. The van der Waals surface area contributed by atoms with Crippen LogP contribution in [0.5, 0.6) is 0 Å². The normalized spacial score (nSPS) is 26.6. The molecule has 3 heteroatoms. The molecule has 0 bridgehead atoms. The molecule has 2 unspecified atom stereocenters. The van der Waals surface area contributed by atoms with Crippen molar-refractivity contribution in [3.8, 4) is 0 Å². The summed E-state index contributed by atoms with van der Waals surface area (Å²) in [6, 6.07) is 4.76. The molecule has 3 nitrogen and oxygen atoms in total. The Morgan fingerprint density at radius 3 is 3.06 bits per heavy atom. The Morgan fingerprint density at radius 2 is 2.29 bits per heavy atom. The zero-order valence-electron chi connectivity index (χ0n) is 10.3. The second-order valence-corrected chi connectivity index (χ2v) is 5.65. The molecule has 1 fully saturated rings. The van der Waals surface area contributed by atoms with Crippen LogP contribution in [0.25, 0.3) is 0 Å². The van der Waals surface area contributed by atoms with Crippen LogP contribution >= 0.6 is 0 Å².